The summed E-state index contributed by atoms with van der Waals surface area (Å²) in [6, 6.07) is -0.0256. The van der Waals surface area contributed by atoms with E-state index in [2.05, 4.69) is 9.97 Å². The lowest BCUT2D eigenvalue weighted by atomic mass is 10.2. The van der Waals surface area contributed by atoms with E-state index in [1.54, 1.807) is 6.20 Å². The number of aromatic nitrogens is 2. The van der Waals surface area contributed by atoms with Gasteiger partial charge < -0.3 is 5.73 Å². The molecule has 0 bridgehead atoms. The largest absolute Gasteiger partial charge is 0.323 e. The van der Waals surface area contributed by atoms with Gasteiger partial charge in [0, 0.05) is 12.2 Å². The first-order valence-corrected chi connectivity index (χ1v) is 3.67. The molecule has 0 aliphatic rings. The SMILES string of the molecule is Cc1cnc(C)c([C@H](C)N)n1. The van der Waals surface area contributed by atoms with E-state index in [9.17, 15) is 0 Å². The van der Waals surface area contributed by atoms with Gasteiger partial charge >= 0.3 is 0 Å². The third kappa shape index (κ3) is 1.74. The van der Waals surface area contributed by atoms with Crippen molar-refractivity contribution >= 4 is 0 Å². The zero-order chi connectivity index (χ0) is 8.43. The van der Waals surface area contributed by atoms with Gasteiger partial charge in [0.05, 0.1) is 17.1 Å². The lowest BCUT2D eigenvalue weighted by molar-refractivity contribution is 0.752. The molecule has 1 aromatic heterocycles. The molecule has 3 heteroatoms. The molecule has 11 heavy (non-hydrogen) atoms. The van der Waals surface area contributed by atoms with Crippen LogP contribution in [-0.4, -0.2) is 9.97 Å². The van der Waals surface area contributed by atoms with Crippen molar-refractivity contribution in [1.82, 2.24) is 9.97 Å². The smallest absolute Gasteiger partial charge is 0.0783 e. The van der Waals surface area contributed by atoms with Crippen molar-refractivity contribution < 1.29 is 0 Å². The van der Waals surface area contributed by atoms with Crippen LogP contribution in [0.1, 0.15) is 30.0 Å². The van der Waals surface area contributed by atoms with Gasteiger partial charge in [-0.25, -0.2) is 0 Å². The summed E-state index contributed by atoms with van der Waals surface area (Å²) < 4.78 is 0. The molecule has 0 radical (unpaired) electrons. The maximum atomic E-state index is 5.68. The maximum Gasteiger partial charge on any atom is 0.0783 e. The van der Waals surface area contributed by atoms with E-state index in [4.69, 9.17) is 5.73 Å². The molecule has 3 nitrogen and oxygen atoms in total. The highest BCUT2D eigenvalue weighted by Crippen LogP contribution is 2.09. The van der Waals surface area contributed by atoms with Crippen molar-refractivity contribution in [2.24, 2.45) is 5.73 Å². The van der Waals surface area contributed by atoms with Gasteiger partial charge in [0.1, 0.15) is 0 Å². The van der Waals surface area contributed by atoms with E-state index < -0.39 is 0 Å². The second-order valence-electron chi connectivity index (χ2n) is 2.77. The molecular formula is C8H13N3. The molecule has 0 unspecified atom stereocenters. The van der Waals surface area contributed by atoms with Gasteiger partial charge in [-0.05, 0) is 20.8 Å². The highest BCUT2D eigenvalue weighted by atomic mass is 14.8. The molecule has 60 valence electrons. The van der Waals surface area contributed by atoms with Gasteiger partial charge in [-0.3, -0.25) is 9.97 Å². The summed E-state index contributed by atoms with van der Waals surface area (Å²) in [4.78, 5) is 8.44. The molecule has 1 rings (SSSR count). The van der Waals surface area contributed by atoms with Crippen LogP contribution in [0.5, 0.6) is 0 Å². The predicted molar refractivity (Wildman–Crippen MR) is 44.1 cm³/mol. The van der Waals surface area contributed by atoms with Crippen LogP contribution in [0.15, 0.2) is 6.20 Å². The van der Waals surface area contributed by atoms with Crippen molar-refractivity contribution in [1.29, 1.82) is 0 Å². The Morgan fingerprint density at radius 2 is 2.09 bits per heavy atom. The summed E-state index contributed by atoms with van der Waals surface area (Å²) >= 11 is 0. The molecule has 0 saturated heterocycles. The van der Waals surface area contributed by atoms with Crippen molar-refractivity contribution in [3.8, 4) is 0 Å². The minimum Gasteiger partial charge on any atom is -0.323 e. The predicted octanol–water partition coefficient (Wildman–Crippen LogP) is 1.11. The first-order valence-electron chi connectivity index (χ1n) is 3.67. The van der Waals surface area contributed by atoms with Crippen LogP contribution < -0.4 is 5.73 Å². The van der Waals surface area contributed by atoms with Crippen molar-refractivity contribution in [2.45, 2.75) is 26.8 Å². The van der Waals surface area contributed by atoms with E-state index in [1.807, 2.05) is 20.8 Å². The number of hydrogen-bond donors (Lipinski definition) is 1. The molecule has 2 N–H and O–H groups in total. The lowest BCUT2D eigenvalue weighted by Gasteiger charge is -2.07. The first kappa shape index (κ1) is 8.14. The Bertz CT molecular complexity index is 256. The quantitative estimate of drug-likeness (QED) is 0.654. The Morgan fingerprint density at radius 3 is 2.55 bits per heavy atom. The Labute approximate surface area is 66.7 Å². The summed E-state index contributed by atoms with van der Waals surface area (Å²) in [5.74, 6) is 0. The molecule has 0 aliphatic heterocycles. The molecule has 0 amide bonds. The number of nitrogens with two attached hydrogens (primary N) is 1. The van der Waals surface area contributed by atoms with Gasteiger partial charge in [-0.15, -0.1) is 0 Å². The summed E-state index contributed by atoms with van der Waals surface area (Å²) in [7, 11) is 0. The Morgan fingerprint density at radius 1 is 1.45 bits per heavy atom. The fourth-order valence-electron chi connectivity index (χ4n) is 0.987. The van der Waals surface area contributed by atoms with Gasteiger partial charge in [0.15, 0.2) is 0 Å². The standard InChI is InChI=1S/C8H13N3/c1-5-4-10-7(3)8(11-5)6(2)9/h4,6H,9H2,1-3H3/t6-/m0/s1. The molecule has 1 aromatic rings. The van der Waals surface area contributed by atoms with Gasteiger partial charge in [0.25, 0.3) is 0 Å². The number of aryl methyl sites for hydroxylation is 2. The van der Waals surface area contributed by atoms with Crippen LogP contribution in [0, 0.1) is 13.8 Å². The van der Waals surface area contributed by atoms with Gasteiger partial charge in [0.2, 0.25) is 0 Å². The Kier molecular flexibility index (Phi) is 2.19. The second-order valence-corrected chi connectivity index (χ2v) is 2.77. The highest BCUT2D eigenvalue weighted by molar-refractivity contribution is 5.14. The molecule has 1 heterocycles. The fourth-order valence-corrected chi connectivity index (χ4v) is 0.987. The molecule has 1 atom stereocenters. The number of nitrogens with zero attached hydrogens (tertiary/aromatic N) is 2. The molecular weight excluding hydrogens is 138 g/mol. The number of hydrogen-bond acceptors (Lipinski definition) is 3. The van der Waals surface area contributed by atoms with Crippen LogP contribution in [0.3, 0.4) is 0 Å². The first-order chi connectivity index (χ1) is 5.11. The summed E-state index contributed by atoms with van der Waals surface area (Å²) in [5.41, 5.74) is 8.42. The van der Waals surface area contributed by atoms with Crippen LogP contribution >= 0.6 is 0 Å². The van der Waals surface area contributed by atoms with Crippen molar-refractivity contribution in [3.63, 3.8) is 0 Å². The highest BCUT2D eigenvalue weighted by Gasteiger charge is 2.05. The average molecular weight is 151 g/mol. The summed E-state index contributed by atoms with van der Waals surface area (Å²) in [6.45, 7) is 5.75. The van der Waals surface area contributed by atoms with Crippen LogP contribution in [0.4, 0.5) is 0 Å². The normalized spacial score (nSPS) is 13.1. The Balaban J connectivity index is 3.13. The fraction of sp³-hybridized carbons (Fsp3) is 0.500. The van der Waals surface area contributed by atoms with Crippen molar-refractivity contribution in [3.05, 3.63) is 23.3 Å². The monoisotopic (exact) mass is 151 g/mol. The Hall–Kier alpha value is -0.960. The van der Waals surface area contributed by atoms with E-state index in [0.29, 0.717) is 0 Å². The topological polar surface area (TPSA) is 51.8 Å². The number of rotatable bonds is 1. The van der Waals surface area contributed by atoms with E-state index >= 15 is 0 Å². The summed E-state index contributed by atoms with van der Waals surface area (Å²) in [6.07, 6.45) is 1.75. The second kappa shape index (κ2) is 2.96. The molecule has 0 spiro atoms. The summed E-state index contributed by atoms with van der Waals surface area (Å²) in [5, 5.41) is 0. The van der Waals surface area contributed by atoms with Crippen LogP contribution in [0.2, 0.25) is 0 Å². The molecule has 0 saturated carbocycles. The van der Waals surface area contributed by atoms with E-state index in [-0.39, 0.29) is 6.04 Å². The zero-order valence-electron chi connectivity index (χ0n) is 7.13. The van der Waals surface area contributed by atoms with Crippen LogP contribution in [0.25, 0.3) is 0 Å². The third-order valence-electron chi connectivity index (χ3n) is 1.54. The van der Waals surface area contributed by atoms with Crippen LogP contribution in [-0.2, 0) is 0 Å². The molecule has 0 aromatic carbocycles. The third-order valence-corrected chi connectivity index (χ3v) is 1.54. The minimum atomic E-state index is -0.0256. The lowest BCUT2D eigenvalue weighted by Crippen LogP contribution is -2.11. The van der Waals surface area contributed by atoms with E-state index in [1.165, 1.54) is 0 Å². The average Bonchev–Trinajstić information content (AvgIpc) is 1.94. The zero-order valence-corrected chi connectivity index (χ0v) is 7.13. The maximum absolute atomic E-state index is 5.68. The van der Waals surface area contributed by atoms with Gasteiger partial charge in [-0.2, -0.15) is 0 Å². The molecule has 0 fully saturated rings. The minimum absolute atomic E-state index is 0.0256. The van der Waals surface area contributed by atoms with Gasteiger partial charge in [-0.1, -0.05) is 0 Å². The molecule has 0 aliphatic carbocycles. The van der Waals surface area contributed by atoms with E-state index in [0.717, 1.165) is 17.1 Å². The van der Waals surface area contributed by atoms with Crippen molar-refractivity contribution in [2.75, 3.05) is 0 Å².